The van der Waals surface area contributed by atoms with Gasteiger partial charge in [-0.1, -0.05) is 12.1 Å². The van der Waals surface area contributed by atoms with Gasteiger partial charge < -0.3 is 19.4 Å². The molecule has 1 unspecified atom stereocenters. The third-order valence-electron chi connectivity index (χ3n) is 5.06. The minimum Gasteiger partial charge on any atom is -0.508 e. The van der Waals surface area contributed by atoms with Gasteiger partial charge in [0.15, 0.2) is 11.5 Å². The zero-order chi connectivity index (χ0) is 22.8. The summed E-state index contributed by atoms with van der Waals surface area (Å²) >= 11 is 0. The lowest BCUT2D eigenvalue weighted by molar-refractivity contribution is -0.117. The second-order valence-corrected chi connectivity index (χ2v) is 7.01. The van der Waals surface area contributed by atoms with Gasteiger partial charge >= 0.3 is 5.97 Å². The smallest absolute Gasteiger partial charge is 0.338 e. The number of rotatable bonds is 6. The Morgan fingerprint density at radius 3 is 2.31 bits per heavy atom. The van der Waals surface area contributed by atoms with E-state index in [0.717, 1.165) is 0 Å². The summed E-state index contributed by atoms with van der Waals surface area (Å²) in [5.41, 5.74) is 0.997. The minimum absolute atomic E-state index is 0.00975. The summed E-state index contributed by atoms with van der Waals surface area (Å²) in [7, 11) is 0. The molecule has 1 aliphatic rings. The van der Waals surface area contributed by atoms with Crippen LogP contribution in [0.25, 0.3) is 0 Å². The Morgan fingerprint density at radius 1 is 1.03 bits per heavy atom. The molecule has 2 aromatic carbocycles. The Bertz CT molecular complexity index is 1190. The quantitative estimate of drug-likeness (QED) is 0.446. The van der Waals surface area contributed by atoms with Crippen molar-refractivity contribution in [2.45, 2.75) is 13.0 Å². The van der Waals surface area contributed by atoms with E-state index >= 15 is 0 Å². The molecule has 2 heterocycles. The maximum absolute atomic E-state index is 13.1. The number of furan rings is 1. The van der Waals surface area contributed by atoms with Crippen molar-refractivity contribution in [3.05, 3.63) is 95.1 Å². The molecule has 3 aromatic rings. The van der Waals surface area contributed by atoms with Crippen LogP contribution in [0.1, 0.15) is 39.4 Å². The number of benzene rings is 2. The van der Waals surface area contributed by atoms with Crippen molar-refractivity contribution in [1.29, 1.82) is 0 Å². The molecular weight excluding hydrogens is 414 g/mol. The molecule has 1 aromatic heterocycles. The van der Waals surface area contributed by atoms with Gasteiger partial charge in [-0.2, -0.15) is 0 Å². The number of carbonyl (C=O) groups excluding carboxylic acids is 3. The first-order valence-electron chi connectivity index (χ1n) is 9.83. The van der Waals surface area contributed by atoms with Crippen LogP contribution in [0.4, 0.5) is 5.69 Å². The number of ether oxygens (including phenoxy) is 1. The lowest BCUT2D eigenvalue weighted by Gasteiger charge is -2.27. The normalized spacial score (nSPS) is 15.8. The number of hydrogen-bond donors (Lipinski definition) is 2. The second kappa shape index (κ2) is 8.43. The monoisotopic (exact) mass is 433 g/mol. The number of phenols is 1. The molecule has 0 radical (unpaired) electrons. The number of aromatic hydroxyl groups is 1. The van der Waals surface area contributed by atoms with E-state index in [2.05, 4.69) is 0 Å². The molecule has 1 amide bonds. The molecule has 4 rings (SSSR count). The predicted molar refractivity (Wildman–Crippen MR) is 113 cm³/mol. The van der Waals surface area contributed by atoms with Crippen molar-refractivity contribution >= 4 is 23.3 Å². The lowest BCUT2D eigenvalue weighted by Crippen LogP contribution is -2.31. The molecule has 0 saturated carbocycles. The molecular formula is C24H19NO7. The maximum Gasteiger partial charge on any atom is 0.338 e. The summed E-state index contributed by atoms with van der Waals surface area (Å²) in [6, 6.07) is 14.0. The summed E-state index contributed by atoms with van der Waals surface area (Å²) < 4.78 is 10.2. The number of phenolic OH excluding ortho intramolecular Hbond substituents is 1. The summed E-state index contributed by atoms with van der Waals surface area (Å²) in [5.74, 6) is -2.62. The van der Waals surface area contributed by atoms with Gasteiger partial charge in [-0.25, -0.2) is 4.79 Å². The molecule has 0 fully saturated rings. The van der Waals surface area contributed by atoms with Crippen LogP contribution < -0.4 is 4.90 Å². The Kier molecular flexibility index (Phi) is 5.51. The Labute approximate surface area is 183 Å². The molecule has 8 heteroatoms. The highest BCUT2D eigenvalue weighted by Crippen LogP contribution is 2.42. The zero-order valence-corrected chi connectivity index (χ0v) is 17.0. The number of nitrogens with zero attached hydrogens (tertiary/aromatic N) is 1. The SMILES string of the molecule is CCOC(=O)c1ccc(N2C(=O)C(O)=C(C(=O)c3ccco3)C2c2ccc(O)cc2)cc1. The van der Waals surface area contributed by atoms with E-state index in [0.29, 0.717) is 16.8 Å². The van der Waals surface area contributed by atoms with Gasteiger partial charge in [0.25, 0.3) is 5.91 Å². The molecule has 1 atom stereocenters. The Hall–Kier alpha value is -4.33. The number of hydrogen-bond acceptors (Lipinski definition) is 7. The van der Waals surface area contributed by atoms with Crippen molar-refractivity contribution in [1.82, 2.24) is 0 Å². The van der Waals surface area contributed by atoms with Crippen LogP contribution in [0, 0.1) is 0 Å². The van der Waals surface area contributed by atoms with Crippen LogP contribution in [0.5, 0.6) is 5.75 Å². The van der Waals surface area contributed by atoms with Crippen LogP contribution in [0.2, 0.25) is 0 Å². The largest absolute Gasteiger partial charge is 0.508 e. The van der Waals surface area contributed by atoms with Crippen molar-refractivity contribution in [3.8, 4) is 5.75 Å². The van der Waals surface area contributed by atoms with Crippen molar-refractivity contribution < 1.29 is 33.8 Å². The van der Waals surface area contributed by atoms with E-state index in [4.69, 9.17) is 9.15 Å². The first-order valence-corrected chi connectivity index (χ1v) is 9.83. The average molecular weight is 433 g/mol. The maximum atomic E-state index is 13.1. The van der Waals surface area contributed by atoms with E-state index in [1.807, 2.05) is 0 Å². The Morgan fingerprint density at radius 2 is 1.72 bits per heavy atom. The third-order valence-corrected chi connectivity index (χ3v) is 5.06. The highest BCUT2D eigenvalue weighted by Gasteiger charge is 2.45. The summed E-state index contributed by atoms with van der Waals surface area (Å²) in [4.78, 5) is 39.4. The van der Waals surface area contributed by atoms with Gasteiger partial charge in [0.05, 0.1) is 30.0 Å². The zero-order valence-electron chi connectivity index (χ0n) is 17.0. The minimum atomic E-state index is -0.978. The van der Waals surface area contributed by atoms with Gasteiger partial charge in [-0.05, 0) is 61.0 Å². The Balaban J connectivity index is 1.79. The van der Waals surface area contributed by atoms with E-state index in [1.165, 1.54) is 59.7 Å². The van der Waals surface area contributed by atoms with Crippen LogP contribution in [-0.4, -0.2) is 34.5 Å². The number of Topliss-reactive ketones (excluding diaryl/α,β-unsaturated/α-hetero) is 1. The molecule has 8 nitrogen and oxygen atoms in total. The van der Waals surface area contributed by atoms with Gasteiger partial charge in [-0.15, -0.1) is 0 Å². The summed E-state index contributed by atoms with van der Waals surface area (Å²) in [5, 5.41) is 20.3. The fourth-order valence-electron chi connectivity index (χ4n) is 3.59. The van der Waals surface area contributed by atoms with Gasteiger partial charge in [0, 0.05) is 5.69 Å². The lowest BCUT2D eigenvalue weighted by atomic mass is 9.94. The molecule has 0 saturated heterocycles. The fourth-order valence-corrected chi connectivity index (χ4v) is 3.59. The van der Waals surface area contributed by atoms with Crippen LogP contribution in [0.15, 0.2) is 82.7 Å². The number of carbonyl (C=O) groups is 3. The van der Waals surface area contributed by atoms with Gasteiger partial charge in [0.2, 0.25) is 5.78 Å². The number of aliphatic hydroxyl groups is 1. The molecule has 162 valence electrons. The van der Waals surface area contributed by atoms with Crippen molar-refractivity contribution in [2.24, 2.45) is 0 Å². The molecule has 0 bridgehead atoms. The number of ketones is 1. The first kappa shape index (κ1) is 20.9. The van der Waals surface area contributed by atoms with Crippen molar-refractivity contribution in [2.75, 3.05) is 11.5 Å². The molecule has 0 aliphatic carbocycles. The summed E-state index contributed by atoms with van der Waals surface area (Å²) in [6.07, 6.45) is 1.32. The third kappa shape index (κ3) is 3.62. The van der Waals surface area contributed by atoms with Crippen LogP contribution >= 0.6 is 0 Å². The number of amides is 1. The van der Waals surface area contributed by atoms with Crippen molar-refractivity contribution in [3.63, 3.8) is 0 Å². The van der Waals surface area contributed by atoms with E-state index in [9.17, 15) is 24.6 Å². The highest BCUT2D eigenvalue weighted by molar-refractivity contribution is 6.20. The second-order valence-electron chi connectivity index (χ2n) is 7.01. The predicted octanol–water partition coefficient (Wildman–Crippen LogP) is 3.94. The summed E-state index contributed by atoms with van der Waals surface area (Å²) in [6.45, 7) is 1.92. The molecule has 0 spiro atoms. The molecule has 1 aliphatic heterocycles. The standard InChI is InChI=1S/C24H19NO7/c1-2-31-24(30)15-5-9-16(10-6-15)25-20(14-7-11-17(26)12-8-14)19(22(28)23(25)29)21(27)18-4-3-13-32-18/h3-13,20,26,28H,2H2,1H3. The van der Waals surface area contributed by atoms with Crippen LogP contribution in [0.3, 0.4) is 0 Å². The molecule has 2 N–H and O–H groups in total. The number of aliphatic hydroxyl groups excluding tert-OH is 1. The molecule has 32 heavy (non-hydrogen) atoms. The highest BCUT2D eigenvalue weighted by atomic mass is 16.5. The fraction of sp³-hybridized carbons (Fsp3) is 0.125. The van der Waals surface area contributed by atoms with Crippen LogP contribution in [-0.2, 0) is 9.53 Å². The van der Waals surface area contributed by atoms with E-state index in [-0.39, 0.29) is 23.7 Å². The number of anilines is 1. The number of esters is 1. The van der Waals surface area contributed by atoms with Gasteiger partial charge in [0.1, 0.15) is 5.75 Å². The van der Waals surface area contributed by atoms with Gasteiger partial charge in [-0.3, -0.25) is 14.5 Å². The van der Waals surface area contributed by atoms with E-state index < -0.39 is 29.5 Å². The first-order chi connectivity index (χ1) is 15.4. The topological polar surface area (TPSA) is 117 Å². The average Bonchev–Trinajstić information content (AvgIpc) is 3.42. The van der Waals surface area contributed by atoms with E-state index in [1.54, 1.807) is 19.1 Å².